The van der Waals surface area contributed by atoms with Gasteiger partial charge in [-0.05, 0) is 43.7 Å². The first-order valence-electron chi connectivity index (χ1n) is 10.1. The SMILES string of the molecule is CCNC(=NCc1ccccc1S(=O)(=O)N1CCCCC1)NCCC(C)C.I. The van der Waals surface area contributed by atoms with Crippen LogP contribution in [0.15, 0.2) is 34.2 Å². The Morgan fingerprint density at radius 1 is 1.14 bits per heavy atom. The summed E-state index contributed by atoms with van der Waals surface area (Å²) in [5.74, 6) is 1.35. The van der Waals surface area contributed by atoms with Gasteiger partial charge in [-0.3, -0.25) is 0 Å². The number of halogens is 1. The number of benzene rings is 1. The van der Waals surface area contributed by atoms with Crippen molar-refractivity contribution < 1.29 is 8.42 Å². The molecular weight excluding hydrogens is 487 g/mol. The maximum atomic E-state index is 13.1. The van der Waals surface area contributed by atoms with Crippen LogP contribution in [0.4, 0.5) is 0 Å². The topological polar surface area (TPSA) is 73.8 Å². The van der Waals surface area contributed by atoms with Crippen LogP contribution in [0.25, 0.3) is 0 Å². The van der Waals surface area contributed by atoms with Crippen LogP contribution < -0.4 is 10.6 Å². The molecule has 6 nitrogen and oxygen atoms in total. The summed E-state index contributed by atoms with van der Waals surface area (Å²) in [6, 6.07) is 7.22. The van der Waals surface area contributed by atoms with Gasteiger partial charge in [-0.25, -0.2) is 13.4 Å². The van der Waals surface area contributed by atoms with Gasteiger partial charge in [0.25, 0.3) is 0 Å². The second kappa shape index (κ2) is 12.6. The highest BCUT2D eigenvalue weighted by molar-refractivity contribution is 14.0. The highest BCUT2D eigenvalue weighted by atomic mass is 127. The van der Waals surface area contributed by atoms with E-state index in [9.17, 15) is 8.42 Å². The van der Waals surface area contributed by atoms with E-state index in [2.05, 4.69) is 29.5 Å². The fraction of sp³-hybridized carbons (Fsp3) is 0.650. The average molecular weight is 522 g/mol. The van der Waals surface area contributed by atoms with Crippen molar-refractivity contribution in [2.75, 3.05) is 26.2 Å². The highest BCUT2D eigenvalue weighted by Gasteiger charge is 2.27. The summed E-state index contributed by atoms with van der Waals surface area (Å²) in [4.78, 5) is 4.99. The summed E-state index contributed by atoms with van der Waals surface area (Å²) in [6.45, 7) is 9.56. The van der Waals surface area contributed by atoms with Gasteiger partial charge in [-0.1, -0.05) is 38.5 Å². The average Bonchev–Trinajstić information content (AvgIpc) is 2.66. The van der Waals surface area contributed by atoms with E-state index in [4.69, 9.17) is 0 Å². The zero-order chi connectivity index (χ0) is 19.7. The molecule has 0 aromatic heterocycles. The lowest BCUT2D eigenvalue weighted by atomic mass is 10.1. The van der Waals surface area contributed by atoms with Crippen molar-refractivity contribution in [2.24, 2.45) is 10.9 Å². The standard InChI is InChI=1S/C20H34N4O2S.HI/c1-4-21-20(22-13-12-17(2)3)23-16-18-10-6-7-11-19(18)27(25,26)24-14-8-5-9-15-24;/h6-7,10-11,17H,4-5,8-9,12-16H2,1-3H3,(H2,21,22,23);1H. The van der Waals surface area contributed by atoms with Crippen LogP contribution in [0.3, 0.4) is 0 Å². The largest absolute Gasteiger partial charge is 0.357 e. The minimum absolute atomic E-state index is 0. The molecule has 1 aromatic carbocycles. The summed E-state index contributed by atoms with van der Waals surface area (Å²) in [7, 11) is -3.46. The Labute approximate surface area is 187 Å². The molecule has 0 spiro atoms. The number of rotatable bonds is 8. The minimum Gasteiger partial charge on any atom is -0.357 e. The Morgan fingerprint density at radius 2 is 1.82 bits per heavy atom. The van der Waals surface area contributed by atoms with E-state index in [1.807, 2.05) is 19.1 Å². The Bertz CT molecular complexity index is 717. The van der Waals surface area contributed by atoms with Crippen molar-refractivity contribution in [3.8, 4) is 0 Å². The molecule has 0 saturated carbocycles. The van der Waals surface area contributed by atoms with Crippen molar-refractivity contribution >= 4 is 40.0 Å². The Balaban J connectivity index is 0.00000392. The first kappa shape index (κ1) is 25.2. The first-order valence-corrected chi connectivity index (χ1v) is 11.5. The van der Waals surface area contributed by atoms with Gasteiger partial charge >= 0.3 is 0 Å². The van der Waals surface area contributed by atoms with Gasteiger partial charge in [-0.2, -0.15) is 4.31 Å². The van der Waals surface area contributed by atoms with Crippen LogP contribution in [0, 0.1) is 5.92 Å². The number of nitrogens with one attached hydrogen (secondary N) is 2. The number of guanidine groups is 1. The zero-order valence-electron chi connectivity index (χ0n) is 17.3. The summed E-state index contributed by atoms with van der Waals surface area (Å²) in [5, 5.41) is 6.55. The quantitative estimate of drug-likeness (QED) is 0.311. The zero-order valence-corrected chi connectivity index (χ0v) is 20.4. The van der Waals surface area contributed by atoms with Gasteiger partial charge < -0.3 is 10.6 Å². The van der Waals surface area contributed by atoms with Crippen molar-refractivity contribution in [3.63, 3.8) is 0 Å². The molecule has 2 rings (SSSR count). The van der Waals surface area contributed by atoms with Gasteiger partial charge in [-0.15, -0.1) is 24.0 Å². The molecule has 0 unspecified atom stereocenters. The molecule has 160 valence electrons. The van der Waals surface area contributed by atoms with Crippen LogP contribution in [0.1, 0.15) is 52.0 Å². The molecule has 0 bridgehead atoms. The lowest BCUT2D eigenvalue weighted by molar-refractivity contribution is 0.346. The Morgan fingerprint density at radius 3 is 2.46 bits per heavy atom. The Kier molecular flexibility index (Phi) is 11.4. The van der Waals surface area contributed by atoms with Crippen LogP contribution in [-0.4, -0.2) is 44.9 Å². The number of aliphatic imine (C=N–C) groups is 1. The molecule has 1 aliphatic rings. The third-order valence-electron chi connectivity index (χ3n) is 4.67. The van der Waals surface area contributed by atoms with Gasteiger partial charge in [0.05, 0.1) is 11.4 Å². The van der Waals surface area contributed by atoms with Crippen molar-refractivity contribution in [3.05, 3.63) is 29.8 Å². The molecule has 1 aliphatic heterocycles. The molecule has 1 saturated heterocycles. The normalized spacial score (nSPS) is 15.9. The Hall–Kier alpha value is -0.870. The summed E-state index contributed by atoms with van der Waals surface area (Å²) in [6.07, 6.45) is 4.03. The van der Waals surface area contributed by atoms with Crippen LogP contribution in [-0.2, 0) is 16.6 Å². The first-order chi connectivity index (χ1) is 12.9. The van der Waals surface area contributed by atoms with Gasteiger partial charge in [0.15, 0.2) is 5.96 Å². The lowest BCUT2D eigenvalue weighted by Gasteiger charge is -2.26. The fourth-order valence-electron chi connectivity index (χ4n) is 3.12. The highest BCUT2D eigenvalue weighted by Crippen LogP contribution is 2.24. The molecule has 0 radical (unpaired) electrons. The van der Waals surface area contributed by atoms with E-state index in [1.54, 1.807) is 16.4 Å². The molecule has 2 N–H and O–H groups in total. The lowest BCUT2D eigenvalue weighted by Crippen LogP contribution is -2.38. The van der Waals surface area contributed by atoms with E-state index in [-0.39, 0.29) is 24.0 Å². The van der Waals surface area contributed by atoms with E-state index in [1.165, 1.54) is 0 Å². The molecule has 1 heterocycles. The van der Waals surface area contributed by atoms with E-state index in [0.29, 0.717) is 30.4 Å². The fourth-order valence-corrected chi connectivity index (χ4v) is 4.85. The van der Waals surface area contributed by atoms with E-state index in [0.717, 1.165) is 50.3 Å². The summed E-state index contributed by atoms with van der Waals surface area (Å²) < 4.78 is 27.8. The molecule has 1 fully saturated rings. The number of piperidine rings is 1. The van der Waals surface area contributed by atoms with Crippen molar-refractivity contribution in [2.45, 2.75) is 57.9 Å². The molecule has 28 heavy (non-hydrogen) atoms. The second-order valence-electron chi connectivity index (χ2n) is 7.38. The third kappa shape index (κ3) is 7.51. The van der Waals surface area contributed by atoms with Gasteiger partial charge in [0, 0.05) is 26.2 Å². The predicted octanol–water partition coefficient (Wildman–Crippen LogP) is 3.58. The van der Waals surface area contributed by atoms with Crippen molar-refractivity contribution in [1.82, 2.24) is 14.9 Å². The number of hydrogen-bond acceptors (Lipinski definition) is 3. The minimum atomic E-state index is -3.46. The van der Waals surface area contributed by atoms with Crippen LogP contribution in [0.2, 0.25) is 0 Å². The van der Waals surface area contributed by atoms with E-state index >= 15 is 0 Å². The molecule has 8 heteroatoms. The molecule has 0 amide bonds. The van der Waals surface area contributed by atoms with Crippen LogP contribution >= 0.6 is 24.0 Å². The van der Waals surface area contributed by atoms with Gasteiger partial charge in [0.1, 0.15) is 0 Å². The molecular formula is C20H35IN4O2S. The monoisotopic (exact) mass is 522 g/mol. The maximum absolute atomic E-state index is 13.1. The second-order valence-corrected chi connectivity index (χ2v) is 9.28. The maximum Gasteiger partial charge on any atom is 0.243 e. The molecule has 0 atom stereocenters. The smallest absolute Gasteiger partial charge is 0.243 e. The molecule has 1 aromatic rings. The third-order valence-corrected chi connectivity index (χ3v) is 6.67. The number of sulfonamides is 1. The summed E-state index contributed by atoms with van der Waals surface area (Å²) in [5.41, 5.74) is 0.740. The van der Waals surface area contributed by atoms with E-state index < -0.39 is 10.0 Å². The van der Waals surface area contributed by atoms with Gasteiger partial charge in [0.2, 0.25) is 10.0 Å². The molecule has 0 aliphatic carbocycles. The summed E-state index contributed by atoms with van der Waals surface area (Å²) >= 11 is 0. The number of nitrogens with zero attached hydrogens (tertiary/aromatic N) is 2. The predicted molar refractivity (Wildman–Crippen MR) is 127 cm³/mol. The van der Waals surface area contributed by atoms with Crippen molar-refractivity contribution in [1.29, 1.82) is 0 Å². The number of hydrogen-bond donors (Lipinski definition) is 2. The van der Waals surface area contributed by atoms with Crippen LogP contribution in [0.5, 0.6) is 0 Å².